The standard InChI is InChI=1S/C18H25N7O2S/c1-11-8-13(3)25(22-11)17-20-21-18(24(17)19)28-10-16(26)15-9-12(2)23(14(15)4)6-7-27-5/h8-9H,6-7,10,19H2,1-5H3. The molecule has 0 aliphatic carbocycles. The Labute approximate surface area is 167 Å². The van der Waals surface area contributed by atoms with Crippen LogP contribution in [0.5, 0.6) is 0 Å². The third-order valence-corrected chi connectivity index (χ3v) is 5.51. The van der Waals surface area contributed by atoms with Crippen molar-refractivity contribution < 1.29 is 9.53 Å². The molecule has 3 rings (SSSR count). The number of rotatable bonds is 8. The van der Waals surface area contributed by atoms with Gasteiger partial charge in [-0.2, -0.15) is 5.10 Å². The summed E-state index contributed by atoms with van der Waals surface area (Å²) in [5, 5.41) is 13.1. The number of nitrogens with zero attached hydrogens (tertiary/aromatic N) is 6. The van der Waals surface area contributed by atoms with Crippen LogP contribution in [0.2, 0.25) is 0 Å². The van der Waals surface area contributed by atoms with Crippen molar-refractivity contribution in [3.05, 3.63) is 40.5 Å². The number of methoxy groups -OCH3 is 1. The molecular formula is C18H25N7O2S. The van der Waals surface area contributed by atoms with Gasteiger partial charge in [-0.3, -0.25) is 4.79 Å². The number of thioether (sulfide) groups is 1. The number of aryl methyl sites for hydroxylation is 3. The van der Waals surface area contributed by atoms with Crippen LogP contribution in [-0.4, -0.2) is 54.5 Å². The Morgan fingerprint density at radius 1 is 1.18 bits per heavy atom. The number of ether oxygens (including phenoxy) is 1. The molecule has 2 N–H and O–H groups in total. The van der Waals surface area contributed by atoms with Gasteiger partial charge in [-0.25, -0.2) is 9.36 Å². The van der Waals surface area contributed by atoms with E-state index in [1.54, 1.807) is 11.8 Å². The predicted molar refractivity (Wildman–Crippen MR) is 108 cm³/mol. The van der Waals surface area contributed by atoms with Crippen molar-refractivity contribution in [2.24, 2.45) is 0 Å². The van der Waals surface area contributed by atoms with Crippen molar-refractivity contribution in [2.75, 3.05) is 25.3 Å². The minimum atomic E-state index is 0.0254. The lowest BCUT2D eigenvalue weighted by Crippen LogP contribution is -2.17. The molecule has 0 atom stereocenters. The number of hydrogen-bond donors (Lipinski definition) is 1. The maximum absolute atomic E-state index is 12.7. The van der Waals surface area contributed by atoms with Crippen LogP contribution in [0.25, 0.3) is 5.95 Å². The Kier molecular flexibility index (Phi) is 5.90. The van der Waals surface area contributed by atoms with E-state index in [1.165, 1.54) is 16.4 Å². The van der Waals surface area contributed by atoms with Gasteiger partial charge in [-0.15, -0.1) is 10.2 Å². The van der Waals surface area contributed by atoms with E-state index in [1.807, 2.05) is 39.8 Å². The number of ketones is 1. The number of carbonyl (C=O) groups is 1. The molecule has 0 fully saturated rings. The topological polar surface area (TPSA) is 106 Å². The largest absolute Gasteiger partial charge is 0.383 e. The monoisotopic (exact) mass is 403 g/mol. The van der Waals surface area contributed by atoms with Gasteiger partial charge >= 0.3 is 0 Å². The van der Waals surface area contributed by atoms with Gasteiger partial charge in [0.25, 0.3) is 5.95 Å². The molecule has 0 spiro atoms. The molecule has 0 unspecified atom stereocenters. The highest BCUT2D eigenvalue weighted by Crippen LogP contribution is 2.22. The van der Waals surface area contributed by atoms with Crippen molar-refractivity contribution in [2.45, 2.75) is 39.4 Å². The molecule has 0 bridgehead atoms. The van der Waals surface area contributed by atoms with E-state index in [0.29, 0.717) is 23.3 Å². The van der Waals surface area contributed by atoms with Gasteiger partial charge in [0.1, 0.15) is 0 Å². The zero-order valence-electron chi connectivity index (χ0n) is 16.8. The third kappa shape index (κ3) is 3.83. The minimum Gasteiger partial charge on any atom is -0.383 e. The first-order valence-corrected chi connectivity index (χ1v) is 9.87. The molecule has 0 saturated heterocycles. The lowest BCUT2D eigenvalue weighted by Gasteiger charge is -2.08. The fourth-order valence-corrected chi connectivity index (χ4v) is 3.90. The number of Topliss-reactive ketones (excluding diaryl/α,β-unsaturated/α-hetero) is 1. The second kappa shape index (κ2) is 8.19. The molecule has 150 valence electrons. The van der Waals surface area contributed by atoms with E-state index in [9.17, 15) is 4.79 Å². The summed E-state index contributed by atoms with van der Waals surface area (Å²) in [5.74, 6) is 6.80. The van der Waals surface area contributed by atoms with Crippen LogP contribution in [0, 0.1) is 27.7 Å². The first kappa shape index (κ1) is 20.2. The highest BCUT2D eigenvalue weighted by Gasteiger charge is 2.19. The van der Waals surface area contributed by atoms with E-state index in [4.69, 9.17) is 10.6 Å². The van der Waals surface area contributed by atoms with Crippen LogP contribution in [0.1, 0.15) is 33.1 Å². The fraction of sp³-hybridized carbons (Fsp3) is 0.444. The van der Waals surface area contributed by atoms with Crippen molar-refractivity contribution >= 4 is 17.5 Å². The second-order valence-corrected chi connectivity index (χ2v) is 7.58. The van der Waals surface area contributed by atoms with Crippen LogP contribution < -0.4 is 5.84 Å². The average molecular weight is 404 g/mol. The first-order valence-electron chi connectivity index (χ1n) is 8.89. The highest BCUT2D eigenvalue weighted by molar-refractivity contribution is 7.99. The first-order chi connectivity index (χ1) is 13.3. The maximum Gasteiger partial charge on any atom is 0.271 e. The minimum absolute atomic E-state index is 0.0254. The van der Waals surface area contributed by atoms with Gasteiger partial charge in [0.15, 0.2) is 5.78 Å². The molecule has 9 nitrogen and oxygen atoms in total. The van der Waals surface area contributed by atoms with Crippen LogP contribution in [0.4, 0.5) is 0 Å². The summed E-state index contributed by atoms with van der Waals surface area (Å²) < 4.78 is 10.2. The van der Waals surface area contributed by atoms with Gasteiger partial charge in [-0.1, -0.05) is 11.8 Å². The van der Waals surface area contributed by atoms with Gasteiger partial charge in [0, 0.05) is 36.3 Å². The number of aromatic nitrogens is 6. The molecule has 3 aromatic heterocycles. The van der Waals surface area contributed by atoms with Crippen LogP contribution in [0.15, 0.2) is 17.3 Å². The second-order valence-electron chi connectivity index (χ2n) is 6.63. The lowest BCUT2D eigenvalue weighted by molar-refractivity contribution is 0.102. The zero-order chi connectivity index (χ0) is 20.4. The Morgan fingerprint density at radius 2 is 1.93 bits per heavy atom. The quantitative estimate of drug-likeness (QED) is 0.347. The third-order valence-electron chi connectivity index (χ3n) is 4.57. The van der Waals surface area contributed by atoms with Crippen LogP contribution in [0.3, 0.4) is 0 Å². The summed E-state index contributed by atoms with van der Waals surface area (Å²) in [6, 6.07) is 3.85. The average Bonchev–Trinajstić information content (AvgIpc) is 3.27. The summed E-state index contributed by atoms with van der Waals surface area (Å²) in [6.07, 6.45) is 0. The maximum atomic E-state index is 12.7. The summed E-state index contributed by atoms with van der Waals surface area (Å²) in [5.41, 5.74) is 4.47. The molecule has 0 radical (unpaired) electrons. The Hall–Kier alpha value is -2.59. The molecule has 0 aliphatic heterocycles. The van der Waals surface area contributed by atoms with E-state index >= 15 is 0 Å². The molecule has 0 saturated carbocycles. The summed E-state index contributed by atoms with van der Waals surface area (Å²) >= 11 is 1.26. The molecule has 3 aromatic rings. The fourth-order valence-electron chi connectivity index (χ4n) is 3.16. The number of nitrogen functional groups attached to an aromatic ring is 1. The van der Waals surface area contributed by atoms with Gasteiger partial charge in [0.2, 0.25) is 5.16 Å². The smallest absolute Gasteiger partial charge is 0.271 e. The van der Waals surface area contributed by atoms with E-state index in [2.05, 4.69) is 19.9 Å². The number of nitrogens with two attached hydrogens (primary N) is 1. The molecule has 3 heterocycles. The normalized spacial score (nSPS) is 11.3. The number of hydrogen-bond acceptors (Lipinski definition) is 7. The Morgan fingerprint density at radius 3 is 2.57 bits per heavy atom. The number of carbonyl (C=O) groups excluding carboxylic acids is 1. The molecule has 0 aromatic carbocycles. The SMILES string of the molecule is COCCn1c(C)cc(C(=O)CSc2nnc(-n3nc(C)cc3C)n2N)c1C. The Balaban J connectivity index is 1.73. The van der Waals surface area contributed by atoms with Crippen molar-refractivity contribution in [1.29, 1.82) is 0 Å². The predicted octanol–water partition coefficient (Wildman–Crippen LogP) is 1.83. The van der Waals surface area contributed by atoms with Gasteiger partial charge in [-0.05, 0) is 39.8 Å². The van der Waals surface area contributed by atoms with E-state index in [0.717, 1.165) is 29.3 Å². The summed E-state index contributed by atoms with van der Waals surface area (Å²) in [6.45, 7) is 9.08. The Bertz CT molecular complexity index is 1000. The molecule has 0 amide bonds. The highest BCUT2D eigenvalue weighted by atomic mass is 32.2. The summed E-state index contributed by atoms with van der Waals surface area (Å²) in [4.78, 5) is 12.7. The van der Waals surface area contributed by atoms with Crippen LogP contribution in [-0.2, 0) is 11.3 Å². The van der Waals surface area contributed by atoms with Crippen molar-refractivity contribution in [1.82, 2.24) is 29.2 Å². The molecule has 28 heavy (non-hydrogen) atoms. The molecule has 0 aliphatic rings. The van der Waals surface area contributed by atoms with Crippen molar-refractivity contribution in [3.8, 4) is 5.95 Å². The van der Waals surface area contributed by atoms with E-state index in [-0.39, 0.29) is 11.5 Å². The van der Waals surface area contributed by atoms with E-state index < -0.39 is 0 Å². The lowest BCUT2D eigenvalue weighted by atomic mass is 10.2. The van der Waals surface area contributed by atoms with Gasteiger partial charge < -0.3 is 15.1 Å². The molecule has 10 heteroatoms. The molecular weight excluding hydrogens is 378 g/mol. The van der Waals surface area contributed by atoms with Gasteiger partial charge in [0.05, 0.1) is 18.1 Å². The van der Waals surface area contributed by atoms with Crippen LogP contribution >= 0.6 is 11.8 Å². The zero-order valence-corrected chi connectivity index (χ0v) is 17.6. The van der Waals surface area contributed by atoms with Crippen molar-refractivity contribution in [3.63, 3.8) is 0 Å². The summed E-state index contributed by atoms with van der Waals surface area (Å²) in [7, 11) is 1.67.